The van der Waals surface area contributed by atoms with Crippen LogP contribution >= 0.6 is 11.8 Å². The van der Waals surface area contributed by atoms with Gasteiger partial charge in [-0.2, -0.15) is 0 Å². The molecular weight excluding hydrogens is 817 g/mol. The Hall–Kier alpha value is -5.54. The standard InChI is InChI=1S/C42H44N4O14S/c1-18-36(51)23(43)12-31(59-18)60-25-15-42(57,14-22-33(25)40(55)35-34(38(22)53)37(52)21-4-3-5-24(58-2)32(21)39(35)54)27(16-47)45-29(49)11-8-19-6-9-20(10-7-19)46-30(50)13-26(41(46)56)61-17-28(44)48/h3-7,9-10,18,23,25-26,31,36,47,51,53,55,57H,8,11-17,43H2,1-2H3,(H2,44,48)/t18-,23-,25-,26?,31-,36+,42-/m0/s1. The van der Waals surface area contributed by atoms with Crippen molar-refractivity contribution in [3.8, 4) is 17.2 Å². The Morgan fingerprint density at radius 3 is 2.39 bits per heavy atom. The van der Waals surface area contributed by atoms with E-state index in [0.717, 1.165) is 16.7 Å². The Balaban J connectivity index is 1.17. The van der Waals surface area contributed by atoms with Crippen molar-refractivity contribution in [1.29, 1.82) is 0 Å². The number of amides is 4. The minimum absolute atomic E-state index is 0.0446. The molecule has 3 aromatic carbocycles. The summed E-state index contributed by atoms with van der Waals surface area (Å²) in [6.07, 6.45) is -5.72. The van der Waals surface area contributed by atoms with Crippen molar-refractivity contribution in [2.24, 2.45) is 16.5 Å². The molecule has 0 aromatic heterocycles. The fourth-order valence-corrected chi connectivity index (χ4v) is 9.23. The summed E-state index contributed by atoms with van der Waals surface area (Å²) in [7, 11) is 1.31. The normalized spacial score (nSPS) is 26.2. The first kappa shape index (κ1) is 43.5. The third-order valence-corrected chi connectivity index (χ3v) is 12.7. The van der Waals surface area contributed by atoms with E-state index in [2.05, 4.69) is 4.99 Å². The van der Waals surface area contributed by atoms with Crippen LogP contribution in [0.4, 0.5) is 5.69 Å². The predicted molar refractivity (Wildman–Crippen MR) is 217 cm³/mol. The van der Waals surface area contributed by atoms with Crippen LogP contribution in [0.2, 0.25) is 0 Å². The molecule has 2 heterocycles. The zero-order chi connectivity index (χ0) is 44.1. The highest BCUT2D eigenvalue weighted by Gasteiger charge is 2.50. The number of methoxy groups -OCH3 is 1. The zero-order valence-electron chi connectivity index (χ0n) is 33.0. The number of aliphatic imine (C=N–C) groups is 1. The number of nitrogens with two attached hydrogens (primary N) is 2. The number of fused-ring (bicyclic) bond motifs is 3. The van der Waals surface area contributed by atoms with Gasteiger partial charge < -0.3 is 51.2 Å². The number of phenolic OH excluding ortho intramolecular Hbond substituents is 2. The van der Waals surface area contributed by atoms with Crippen molar-refractivity contribution < 1.29 is 68.5 Å². The molecule has 322 valence electrons. The Labute approximate surface area is 352 Å². The van der Waals surface area contributed by atoms with Crippen molar-refractivity contribution in [2.75, 3.05) is 24.4 Å². The number of nitrogens with zero attached hydrogens (tertiary/aromatic N) is 2. The maximum atomic E-state index is 14.0. The van der Waals surface area contributed by atoms with Crippen LogP contribution < -0.4 is 21.1 Å². The molecule has 0 spiro atoms. The third-order valence-electron chi connectivity index (χ3n) is 11.4. The second kappa shape index (κ2) is 17.1. The number of anilines is 1. The van der Waals surface area contributed by atoms with Crippen molar-refractivity contribution in [2.45, 2.75) is 86.9 Å². The molecule has 2 aliphatic heterocycles. The van der Waals surface area contributed by atoms with E-state index in [1.165, 1.54) is 25.3 Å². The topological polar surface area (TPSA) is 299 Å². The van der Waals surface area contributed by atoms with Gasteiger partial charge in [-0.05, 0) is 37.1 Å². The summed E-state index contributed by atoms with van der Waals surface area (Å²) in [6, 6.07) is 9.84. The number of rotatable bonds is 12. The summed E-state index contributed by atoms with van der Waals surface area (Å²) in [6.45, 7) is 0.627. The minimum atomic E-state index is -2.24. The van der Waals surface area contributed by atoms with Crippen LogP contribution in [0.5, 0.6) is 17.2 Å². The van der Waals surface area contributed by atoms with Gasteiger partial charge in [0, 0.05) is 54.8 Å². The number of aliphatic hydroxyl groups excluding tert-OH is 2. The molecule has 0 saturated carbocycles. The lowest BCUT2D eigenvalue weighted by atomic mass is 9.71. The lowest BCUT2D eigenvalue weighted by Gasteiger charge is -2.43. The second-order valence-corrected chi connectivity index (χ2v) is 16.6. The molecule has 2 aliphatic carbocycles. The lowest BCUT2D eigenvalue weighted by Crippen LogP contribution is -2.53. The zero-order valence-corrected chi connectivity index (χ0v) is 33.8. The molecular formula is C42H44N4O14S. The van der Waals surface area contributed by atoms with Gasteiger partial charge in [0.05, 0.1) is 71.1 Å². The van der Waals surface area contributed by atoms with Crippen LogP contribution in [0.1, 0.15) is 87.2 Å². The van der Waals surface area contributed by atoms with Crippen molar-refractivity contribution in [1.82, 2.24) is 0 Å². The fraction of sp³-hybridized carbons (Fsp3) is 0.405. The average molecular weight is 861 g/mol. The molecule has 7 rings (SSSR count). The van der Waals surface area contributed by atoms with Gasteiger partial charge in [-0.1, -0.05) is 24.3 Å². The van der Waals surface area contributed by atoms with Gasteiger partial charge >= 0.3 is 0 Å². The minimum Gasteiger partial charge on any atom is -0.507 e. The van der Waals surface area contributed by atoms with Crippen LogP contribution in [-0.2, 0) is 41.5 Å². The SMILES string of the molecule is COc1cccc2c1C(=O)c1c(O)c3c(c(O)c1C2=O)C[C@@](O)(C(CO)=NC(=O)CCc1ccc(N2C(=O)CC(SCC(N)=O)C2=O)cc1)C[C@@H]3O[C@H]1C[C@H](N)[C@H](O)[C@H](C)O1. The van der Waals surface area contributed by atoms with Crippen LogP contribution in [-0.4, -0.2) is 121 Å². The lowest BCUT2D eigenvalue weighted by molar-refractivity contribution is -0.245. The first-order chi connectivity index (χ1) is 29.0. The van der Waals surface area contributed by atoms with E-state index in [9.17, 15) is 54.3 Å². The van der Waals surface area contributed by atoms with Gasteiger partial charge in [-0.15, -0.1) is 11.8 Å². The summed E-state index contributed by atoms with van der Waals surface area (Å²) >= 11 is 0.993. The van der Waals surface area contributed by atoms with Gasteiger partial charge in [0.1, 0.15) is 22.8 Å². The second-order valence-electron chi connectivity index (χ2n) is 15.4. The number of aromatic hydroxyl groups is 2. The van der Waals surface area contributed by atoms with E-state index >= 15 is 0 Å². The largest absolute Gasteiger partial charge is 0.507 e. The Morgan fingerprint density at radius 1 is 1.03 bits per heavy atom. The molecule has 4 amide bonds. The number of primary amides is 1. The van der Waals surface area contributed by atoms with Gasteiger partial charge in [0.2, 0.25) is 29.4 Å². The van der Waals surface area contributed by atoms with Crippen molar-refractivity contribution in [3.63, 3.8) is 0 Å². The van der Waals surface area contributed by atoms with E-state index < -0.39 is 124 Å². The Kier molecular flexibility index (Phi) is 12.2. The first-order valence-electron chi connectivity index (χ1n) is 19.4. The number of hydrogen-bond donors (Lipinski definition) is 7. The number of carbonyl (C=O) groups is 6. The fourth-order valence-electron chi connectivity index (χ4n) is 8.35. The predicted octanol–water partition coefficient (Wildman–Crippen LogP) is 0.883. The van der Waals surface area contributed by atoms with Crippen LogP contribution in [0.25, 0.3) is 0 Å². The van der Waals surface area contributed by atoms with E-state index in [0.29, 0.717) is 11.3 Å². The van der Waals surface area contributed by atoms with Gasteiger partial charge in [-0.25, -0.2) is 9.89 Å². The molecule has 4 aliphatic rings. The van der Waals surface area contributed by atoms with Crippen LogP contribution in [0.15, 0.2) is 47.5 Å². The number of carbonyl (C=O) groups excluding carboxylic acids is 6. The highest BCUT2D eigenvalue weighted by molar-refractivity contribution is 8.01. The first-order valence-corrected chi connectivity index (χ1v) is 20.4. The molecule has 2 saturated heterocycles. The van der Waals surface area contributed by atoms with E-state index in [4.69, 9.17) is 25.7 Å². The number of ether oxygens (including phenoxy) is 3. The van der Waals surface area contributed by atoms with E-state index in [1.54, 1.807) is 31.2 Å². The molecule has 0 radical (unpaired) electrons. The van der Waals surface area contributed by atoms with Crippen LogP contribution in [0, 0.1) is 0 Å². The summed E-state index contributed by atoms with van der Waals surface area (Å²) in [5.41, 5.74) is 7.99. The Bertz CT molecular complexity index is 2360. The van der Waals surface area contributed by atoms with Gasteiger partial charge in [-0.3, -0.25) is 28.8 Å². The van der Waals surface area contributed by atoms with Crippen molar-refractivity contribution in [3.05, 3.63) is 81.4 Å². The number of imide groups is 1. The van der Waals surface area contributed by atoms with Gasteiger partial charge in [0.25, 0.3) is 0 Å². The number of aliphatic hydroxyl groups is 3. The van der Waals surface area contributed by atoms with Crippen LogP contribution in [0.3, 0.4) is 0 Å². The number of thioether (sulfide) groups is 1. The highest BCUT2D eigenvalue weighted by Crippen LogP contribution is 2.52. The summed E-state index contributed by atoms with van der Waals surface area (Å²) in [5.74, 6) is -5.39. The molecule has 1 unspecified atom stereocenters. The highest BCUT2D eigenvalue weighted by atomic mass is 32.2. The smallest absolute Gasteiger partial charge is 0.247 e. The number of phenols is 2. The molecule has 9 N–H and O–H groups in total. The van der Waals surface area contributed by atoms with Crippen molar-refractivity contribution >= 4 is 58.4 Å². The van der Waals surface area contributed by atoms with E-state index in [-0.39, 0.29) is 59.4 Å². The van der Waals surface area contributed by atoms with Gasteiger partial charge in [0.15, 0.2) is 12.1 Å². The summed E-state index contributed by atoms with van der Waals surface area (Å²) in [4.78, 5) is 83.2. The number of benzene rings is 3. The number of hydrogen-bond acceptors (Lipinski definition) is 16. The summed E-state index contributed by atoms with van der Waals surface area (Å²) in [5, 5.41) is 56.3. The molecule has 2 fully saturated rings. The molecule has 0 bridgehead atoms. The number of aryl methyl sites for hydroxylation is 1. The van der Waals surface area contributed by atoms with E-state index in [1.807, 2.05) is 0 Å². The Morgan fingerprint density at radius 2 is 1.74 bits per heavy atom. The quantitative estimate of drug-likeness (QED) is 0.0591. The third kappa shape index (κ3) is 8.05. The molecule has 19 heteroatoms. The molecule has 7 atom stereocenters. The maximum absolute atomic E-state index is 14.0. The monoisotopic (exact) mass is 860 g/mol. The molecule has 61 heavy (non-hydrogen) atoms. The molecule has 3 aromatic rings. The average Bonchev–Trinajstić information content (AvgIpc) is 3.51. The number of ketones is 2. The molecule has 18 nitrogen and oxygen atoms in total. The summed E-state index contributed by atoms with van der Waals surface area (Å²) < 4.78 is 17.5. The maximum Gasteiger partial charge on any atom is 0.247 e.